The van der Waals surface area contributed by atoms with Crippen LogP contribution in [0.25, 0.3) is 0 Å². The van der Waals surface area contributed by atoms with Gasteiger partial charge in [-0.25, -0.2) is 0 Å². The normalized spacial score (nSPS) is 36.5. The van der Waals surface area contributed by atoms with Crippen molar-refractivity contribution in [2.45, 2.75) is 43.6 Å². The lowest BCUT2D eigenvalue weighted by Crippen LogP contribution is -2.55. The minimum absolute atomic E-state index is 0.00970. The molecule has 2 fully saturated rings. The van der Waals surface area contributed by atoms with E-state index in [9.17, 15) is 9.90 Å². The number of likely N-dealkylation sites (tertiary alicyclic amines) is 1. The van der Waals surface area contributed by atoms with Gasteiger partial charge in [-0.2, -0.15) is 0 Å². The fourth-order valence-corrected chi connectivity index (χ4v) is 3.35. The number of nitrogens with zero attached hydrogens (tertiary/aromatic N) is 1. The van der Waals surface area contributed by atoms with Crippen LogP contribution in [0, 0.1) is 5.92 Å². The maximum absolute atomic E-state index is 11.5. The average molecular weight is 265 g/mol. The van der Waals surface area contributed by atoms with Gasteiger partial charge >= 0.3 is 5.97 Å². The minimum atomic E-state index is -1.10. The Morgan fingerprint density at radius 1 is 1.58 bits per heavy atom. The van der Waals surface area contributed by atoms with Crippen LogP contribution in [0.3, 0.4) is 0 Å². The fourth-order valence-electron chi connectivity index (χ4n) is 3.35. The van der Waals surface area contributed by atoms with Crippen LogP contribution >= 0.6 is 0 Å². The zero-order valence-electron chi connectivity index (χ0n) is 11.5. The predicted molar refractivity (Wildman–Crippen MR) is 75.3 cm³/mol. The third kappa shape index (κ3) is 3.12. The van der Waals surface area contributed by atoms with E-state index in [2.05, 4.69) is 10.2 Å². The quantitative estimate of drug-likeness (QED) is 0.601. The molecule has 0 amide bonds. The van der Waals surface area contributed by atoms with Crippen LogP contribution < -0.4 is 11.1 Å². The third-order valence-corrected chi connectivity index (χ3v) is 4.59. The molecule has 2 heterocycles. The van der Waals surface area contributed by atoms with Gasteiger partial charge in [0.25, 0.3) is 0 Å². The molecule has 1 unspecified atom stereocenters. The SMILES string of the molecule is [B]CCC[C@H]1CN(C2CCCNC2)C[C@@]1(N)C(=O)O. The van der Waals surface area contributed by atoms with Crippen molar-refractivity contribution in [3.8, 4) is 0 Å². The smallest absolute Gasteiger partial charge is 0.325 e. The van der Waals surface area contributed by atoms with Gasteiger partial charge in [-0.1, -0.05) is 12.7 Å². The first-order valence-electron chi connectivity index (χ1n) is 7.25. The fraction of sp³-hybridized carbons (Fsp3) is 0.923. The predicted octanol–water partition coefficient (Wildman–Crippen LogP) is -0.181. The number of nitrogens with two attached hydrogens (primary N) is 1. The molecular formula is C13H24BN3O2. The zero-order valence-corrected chi connectivity index (χ0v) is 11.5. The van der Waals surface area contributed by atoms with Crippen molar-refractivity contribution in [2.24, 2.45) is 11.7 Å². The average Bonchev–Trinajstić information content (AvgIpc) is 2.76. The topological polar surface area (TPSA) is 78.6 Å². The van der Waals surface area contributed by atoms with Gasteiger partial charge in [-0.05, 0) is 25.8 Å². The molecule has 2 aliphatic rings. The number of hydrogen-bond acceptors (Lipinski definition) is 4. The number of carbonyl (C=O) groups is 1. The molecule has 0 spiro atoms. The van der Waals surface area contributed by atoms with Gasteiger partial charge < -0.3 is 16.2 Å². The Hall–Kier alpha value is -0.585. The van der Waals surface area contributed by atoms with Crippen LogP contribution in [-0.4, -0.2) is 61.6 Å². The number of aliphatic carboxylic acids is 1. The van der Waals surface area contributed by atoms with E-state index in [1.54, 1.807) is 0 Å². The first kappa shape index (κ1) is 14.8. The van der Waals surface area contributed by atoms with E-state index in [-0.39, 0.29) is 5.92 Å². The summed E-state index contributed by atoms with van der Waals surface area (Å²) in [6.45, 7) is 3.26. The van der Waals surface area contributed by atoms with Crippen LogP contribution in [-0.2, 0) is 4.79 Å². The maximum Gasteiger partial charge on any atom is 0.325 e. The number of rotatable bonds is 5. The molecule has 19 heavy (non-hydrogen) atoms. The Balaban J connectivity index is 2.03. The monoisotopic (exact) mass is 265 g/mol. The number of piperidine rings is 1. The highest BCUT2D eigenvalue weighted by atomic mass is 16.4. The summed E-state index contributed by atoms with van der Waals surface area (Å²) >= 11 is 0. The maximum atomic E-state index is 11.5. The second-order valence-electron chi connectivity index (χ2n) is 5.90. The number of hydrogen-bond donors (Lipinski definition) is 3. The van der Waals surface area contributed by atoms with Gasteiger partial charge in [0.15, 0.2) is 0 Å². The molecule has 3 atom stereocenters. The lowest BCUT2D eigenvalue weighted by atomic mass is 9.83. The van der Waals surface area contributed by atoms with Gasteiger partial charge in [0, 0.05) is 31.6 Å². The first-order valence-corrected chi connectivity index (χ1v) is 7.25. The van der Waals surface area contributed by atoms with Gasteiger partial charge in [0.05, 0.1) is 7.85 Å². The Kier molecular flexibility index (Phi) is 4.87. The second-order valence-corrected chi connectivity index (χ2v) is 5.90. The summed E-state index contributed by atoms with van der Waals surface area (Å²) in [5.74, 6) is -0.865. The highest BCUT2D eigenvalue weighted by molar-refractivity contribution is 6.08. The van der Waals surface area contributed by atoms with E-state index < -0.39 is 11.5 Å². The molecule has 6 heteroatoms. The third-order valence-electron chi connectivity index (χ3n) is 4.59. The van der Waals surface area contributed by atoms with E-state index in [1.165, 1.54) is 0 Å². The Bertz CT molecular complexity index is 323. The Morgan fingerprint density at radius 3 is 2.95 bits per heavy atom. The van der Waals surface area contributed by atoms with Crippen LogP contribution in [0.4, 0.5) is 0 Å². The largest absolute Gasteiger partial charge is 0.480 e. The molecule has 106 valence electrons. The molecule has 2 radical (unpaired) electrons. The lowest BCUT2D eigenvalue weighted by molar-refractivity contribution is -0.144. The van der Waals surface area contributed by atoms with Gasteiger partial charge in [0.2, 0.25) is 0 Å². The van der Waals surface area contributed by atoms with Crippen molar-refractivity contribution >= 4 is 13.8 Å². The van der Waals surface area contributed by atoms with Crippen LogP contribution in [0.5, 0.6) is 0 Å². The summed E-state index contributed by atoms with van der Waals surface area (Å²) in [7, 11) is 5.54. The molecule has 2 aliphatic heterocycles. The lowest BCUT2D eigenvalue weighted by Gasteiger charge is -2.32. The molecule has 5 nitrogen and oxygen atoms in total. The van der Waals surface area contributed by atoms with Gasteiger partial charge in [-0.3, -0.25) is 9.69 Å². The number of nitrogens with one attached hydrogen (secondary N) is 1. The van der Waals surface area contributed by atoms with E-state index in [0.29, 0.717) is 18.9 Å². The molecule has 0 aromatic carbocycles. The summed E-state index contributed by atoms with van der Waals surface area (Å²) in [5.41, 5.74) is 5.08. The van der Waals surface area contributed by atoms with Crippen molar-refractivity contribution in [3.05, 3.63) is 0 Å². The molecule has 0 aromatic rings. The Morgan fingerprint density at radius 2 is 2.37 bits per heavy atom. The molecule has 0 bridgehead atoms. The van der Waals surface area contributed by atoms with Crippen molar-refractivity contribution < 1.29 is 9.90 Å². The highest BCUT2D eigenvalue weighted by Crippen LogP contribution is 2.32. The van der Waals surface area contributed by atoms with Crippen molar-refractivity contribution in [2.75, 3.05) is 26.2 Å². The van der Waals surface area contributed by atoms with Crippen LogP contribution in [0.15, 0.2) is 0 Å². The van der Waals surface area contributed by atoms with E-state index >= 15 is 0 Å². The number of carboxylic acid groups (broad SMARTS) is 1. The zero-order chi connectivity index (χ0) is 13.9. The van der Waals surface area contributed by atoms with Gasteiger partial charge in [0.1, 0.15) is 5.54 Å². The van der Waals surface area contributed by atoms with Crippen LogP contribution in [0.2, 0.25) is 6.32 Å². The van der Waals surface area contributed by atoms with Crippen molar-refractivity contribution in [3.63, 3.8) is 0 Å². The minimum Gasteiger partial charge on any atom is -0.480 e. The molecule has 2 rings (SSSR count). The van der Waals surface area contributed by atoms with E-state index in [1.807, 2.05) is 0 Å². The molecule has 2 saturated heterocycles. The summed E-state index contributed by atoms with van der Waals surface area (Å²) in [4.78, 5) is 13.8. The molecule has 0 aliphatic carbocycles. The number of carboxylic acids is 1. The van der Waals surface area contributed by atoms with E-state index in [0.717, 1.165) is 45.3 Å². The van der Waals surface area contributed by atoms with E-state index in [4.69, 9.17) is 13.6 Å². The van der Waals surface area contributed by atoms with Crippen molar-refractivity contribution in [1.82, 2.24) is 10.2 Å². The summed E-state index contributed by atoms with van der Waals surface area (Å²) in [5, 5.41) is 12.8. The van der Waals surface area contributed by atoms with Gasteiger partial charge in [-0.15, -0.1) is 0 Å². The van der Waals surface area contributed by atoms with Crippen molar-refractivity contribution in [1.29, 1.82) is 0 Å². The first-order chi connectivity index (χ1) is 9.08. The second kappa shape index (κ2) is 6.24. The molecular weight excluding hydrogens is 241 g/mol. The standard InChI is InChI=1S/C13H24BN3O2/c14-5-1-3-10-8-17(9-13(10,15)12(18)19)11-4-2-6-16-7-11/h10-11,16H,1-9,15H2,(H,18,19)/t10-,11?,13-/m0/s1. The molecule has 0 saturated carbocycles. The Labute approximate surface area is 116 Å². The molecule has 0 aromatic heterocycles. The van der Waals surface area contributed by atoms with Crippen LogP contribution in [0.1, 0.15) is 25.7 Å². The highest BCUT2D eigenvalue weighted by Gasteiger charge is 2.50. The summed E-state index contributed by atoms with van der Waals surface area (Å²) in [6.07, 6.45) is 4.52. The summed E-state index contributed by atoms with van der Waals surface area (Å²) in [6, 6.07) is 0.430. The summed E-state index contributed by atoms with van der Waals surface area (Å²) < 4.78 is 0. The molecule has 4 N–H and O–H groups in total.